The summed E-state index contributed by atoms with van der Waals surface area (Å²) < 4.78 is 4.87. The first-order valence-corrected chi connectivity index (χ1v) is 3.72. The Labute approximate surface area is 68.8 Å². The van der Waals surface area contributed by atoms with E-state index in [4.69, 9.17) is 9.84 Å². The van der Waals surface area contributed by atoms with Gasteiger partial charge in [0, 0.05) is 6.54 Å². The summed E-state index contributed by atoms with van der Waals surface area (Å²) in [5.74, 6) is 0. The average Bonchev–Trinajstić information content (AvgIpc) is 2.13. The highest BCUT2D eigenvalue weighted by Gasteiger charge is 2.06. The molecule has 1 saturated heterocycles. The van der Waals surface area contributed by atoms with E-state index in [1.54, 1.807) is 0 Å². The van der Waals surface area contributed by atoms with Gasteiger partial charge in [-0.2, -0.15) is 0 Å². The summed E-state index contributed by atoms with van der Waals surface area (Å²) in [6, 6.07) is 0. The second-order valence-corrected chi connectivity index (χ2v) is 1.54. The number of terminal acetylenes is 1. The van der Waals surface area contributed by atoms with Crippen molar-refractivity contribution < 1.29 is 9.84 Å². The van der Waals surface area contributed by atoms with E-state index in [-0.39, 0.29) is 0 Å². The van der Waals surface area contributed by atoms with Gasteiger partial charge in [-0.05, 0) is 0 Å². The fourth-order valence-electron chi connectivity index (χ4n) is 0.552. The molecule has 0 aromatic rings. The first kappa shape index (κ1) is 13.1. The monoisotopic (exact) mass is 159 g/mol. The molecule has 0 bridgehead atoms. The van der Waals surface area contributed by atoms with Crippen LogP contribution in [0, 0.1) is 12.8 Å². The molecule has 0 aliphatic carbocycles. The molecule has 1 aliphatic rings. The lowest BCUT2D eigenvalue weighted by Gasteiger charge is -2.17. The van der Waals surface area contributed by atoms with Crippen LogP contribution in [0.15, 0.2) is 0 Å². The molecule has 0 aromatic heterocycles. The zero-order chi connectivity index (χ0) is 9.11. The first-order chi connectivity index (χ1) is 5.39. The third-order valence-electron chi connectivity index (χ3n) is 0.902. The summed E-state index contributed by atoms with van der Waals surface area (Å²) >= 11 is 0. The molecule has 3 nitrogen and oxygen atoms in total. The Morgan fingerprint density at radius 1 is 1.45 bits per heavy atom. The first-order valence-electron chi connectivity index (χ1n) is 3.72. The molecule has 1 fully saturated rings. The number of aliphatic hydroxyl groups is 1. The lowest BCUT2D eigenvalue weighted by Crippen LogP contribution is -2.40. The van der Waals surface area contributed by atoms with Crippen molar-refractivity contribution >= 4 is 0 Å². The molecule has 0 unspecified atom stereocenters. The number of morpholine rings is 1. The van der Waals surface area contributed by atoms with Crippen molar-refractivity contribution in [3.63, 3.8) is 0 Å². The minimum atomic E-state index is -0.436. The summed E-state index contributed by atoms with van der Waals surface area (Å²) in [5, 5.41) is 11.5. The van der Waals surface area contributed by atoms with Crippen LogP contribution in [0.5, 0.6) is 0 Å². The van der Waals surface area contributed by atoms with Gasteiger partial charge in [0.1, 0.15) is 6.23 Å². The predicted octanol–water partition coefficient (Wildman–Crippen LogP) is 0.200. The number of nitrogens with one attached hydrogen (secondary N) is 1. The highest BCUT2D eigenvalue weighted by atomic mass is 16.5. The van der Waals surface area contributed by atoms with Crippen LogP contribution in [-0.2, 0) is 4.74 Å². The zero-order valence-electron chi connectivity index (χ0n) is 7.21. The van der Waals surface area contributed by atoms with Crippen LogP contribution in [0.1, 0.15) is 13.8 Å². The Morgan fingerprint density at radius 3 is 2.18 bits per heavy atom. The van der Waals surface area contributed by atoms with Crippen LogP contribution >= 0.6 is 0 Å². The number of aliphatic hydroxyl groups excluding tert-OH is 1. The zero-order valence-corrected chi connectivity index (χ0v) is 7.21. The summed E-state index contributed by atoms with van der Waals surface area (Å²) in [5.41, 5.74) is 0. The van der Waals surface area contributed by atoms with Crippen molar-refractivity contribution in [3.8, 4) is 12.8 Å². The van der Waals surface area contributed by atoms with Crippen LogP contribution in [0.3, 0.4) is 0 Å². The maximum absolute atomic E-state index is 8.67. The normalized spacial score (nSPS) is 21.7. The minimum absolute atomic E-state index is 0.431. The van der Waals surface area contributed by atoms with Crippen molar-refractivity contribution in [1.29, 1.82) is 0 Å². The topological polar surface area (TPSA) is 41.5 Å². The third-order valence-corrected chi connectivity index (χ3v) is 0.902. The minimum Gasteiger partial charge on any atom is -0.376 e. The molecule has 2 N–H and O–H groups in total. The molecule has 3 heteroatoms. The fourth-order valence-corrected chi connectivity index (χ4v) is 0.552. The highest BCUT2D eigenvalue weighted by Crippen LogP contribution is 1.85. The van der Waals surface area contributed by atoms with Gasteiger partial charge in [-0.15, -0.1) is 12.8 Å². The number of hydrogen-bond donors (Lipinski definition) is 2. The van der Waals surface area contributed by atoms with Crippen LogP contribution in [0.4, 0.5) is 0 Å². The molecular weight excluding hydrogens is 142 g/mol. The van der Waals surface area contributed by atoms with Gasteiger partial charge in [0.15, 0.2) is 0 Å². The van der Waals surface area contributed by atoms with Crippen LogP contribution in [-0.4, -0.2) is 31.1 Å². The van der Waals surface area contributed by atoms with E-state index < -0.39 is 6.23 Å². The molecule has 1 atom stereocenters. The highest BCUT2D eigenvalue weighted by molar-refractivity contribution is 4.55. The lowest BCUT2D eigenvalue weighted by atomic mass is 10.5. The molecule has 1 aliphatic heterocycles. The predicted molar refractivity (Wildman–Crippen MR) is 46.1 cm³/mol. The second kappa shape index (κ2) is 12.1. The van der Waals surface area contributed by atoms with E-state index in [9.17, 15) is 0 Å². The van der Waals surface area contributed by atoms with Gasteiger partial charge in [-0.1, -0.05) is 13.8 Å². The van der Waals surface area contributed by atoms with Crippen molar-refractivity contribution in [3.05, 3.63) is 0 Å². The van der Waals surface area contributed by atoms with Gasteiger partial charge in [-0.25, -0.2) is 0 Å². The number of hydrogen-bond acceptors (Lipinski definition) is 3. The molecule has 0 radical (unpaired) electrons. The van der Waals surface area contributed by atoms with Crippen LogP contribution < -0.4 is 5.32 Å². The molecular formula is C8H17NO2. The molecule has 66 valence electrons. The van der Waals surface area contributed by atoms with E-state index in [1.165, 1.54) is 0 Å². The van der Waals surface area contributed by atoms with Crippen molar-refractivity contribution in [1.82, 2.24) is 5.32 Å². The maximum Gasteiger partial charge on any atom is 0.128 e. The summed E-state index contributed by atoms with van der Waals surface area (Å²) in [4.78, 5) is 0. The van der Waals surface area contributed by atoms with Gasteiger partial charge < -0.3 is 9.84 Å². The maximum atomic E-state index is 8.67. The quantitative estimate of drug-likeness (QED) is 0.496. The van der Waals surface area contributed by atoms with Gasteiger partial charge in [-0.3, -0.25) is 5.32 Å². The SMILES string of the molecule is C#C.CC.O[C@@H]1COCCN1. The average molecular weight is 159 g/mol. The molecule has 0 saturated carbocycles. The molecule has 11 heavy (non-hydrogen) atoms. The van der Waals surface area contributed by atoms with Crippen molar-refractivity contribution in [2.24, 2.45) is 0 Å². The Balaban J connectivity index is 0. The fraction of sp³-hybridized carbons (Fsp3) is 0.750. The summed E-state index contributed by atoms with van der Waals surface area (Å²) in [7, 11) is 0. The van der Waals surface area contributed by atoms with E-state index >= 15 is 0 Å². The van der Waals surface area contributed by atoms with Gasteiger partial charge in [0.2, 0.25) is 0 Å². The van der Waals surface area contributed by atoms with E-state index in [2.05, 4.69) is 18.2 Å². The van der Waals surface area contributed by atoms with Gasteiger partial charge in [0.25, 0.3) is 0 Å². The molecule has 0 aromatic carbocycles. The summed E-state index contributed by atoms with van der Waals surface area (Å²) in [6.45, 7) is 5.91. The molecule has 0 spiro atoms. The van der Waals surface area contributed by atoms with Gasteiger partial charge >= 0.3 is 0 Å². The van der Waals surface area contributed by atoms with E-state index in [0.29, 0.717) is 6.61 Å². The van der Waals surface area contributed by atoms with Crippen molar-refractivity contribution in [2.45, 2.75) is 20.1 Å². The molecule has 1 heterocycles. The second-order valence-electron chi connectivity index (χ2n) is 1.54. The van der Waals surface area contributed by atoms with Gasteiger partial charge in [0.05, 0.1) is 13.2 Å². The van der Waals surface area contributed by atoms with Crippen molar-refractivity contribution in [2.75, 3.05) is 19.8 Å². The van der Waals surface area contributed by atoms with E-state index in [1.807, 2.05) is 13.8 Å². The Bertz CT molecular complexity index is 77.4. The standard InChI is InChI=1S/C4H9NO2.C2H6.C2H2/c6-4-3-7-2-1-5-4;2*1-2/h4-6H,1-3H2;1-2H3;1-2H/t4-;;/m1../s1. The third kappa shape index (κ3) is 9.44. The summed E-state index contributed by atoms with van der Waals surface area (Å²) in [6.07, 6.45) is 7.56. The largest absolute Gasteiger partial charge is 0.376 e. The van der Waals surface area contributed by atoms with Crippen LogP contribution in [0.2, 0.25) is 0 Å². The number of ether oxygens (including phenoxy) is 1. The Hall–Kier alpha value is -0.560. The molecule has 0 amide bonds. The van der Waals surface area contributed by atoms with Crippen LogP contribution in [0.25, 0.3) is 0 Å². The smallest absolute Gasteiger partial charge is 0.128 e. The lowest BCUT2D eigenvalue weighted by molar-refractivity contribution is -0.0161. The van der Waals surface area contributed by atoms with E-state index in [0.717, 1.165) is 13.2 Å². The Morgan fingerprint density at radius 2 is 2.00 bits per heavy atom. The Kier molecular flexibility index (Phi) is 14.4. The molecule has 1 rings (SSSR count). The number of rotatable bonds is 0.